The van der Waals surface area contributed by atoms with E-state index in [2.05, 4.69) is 23.9 Å². The summed E-state index contributed by atoms with van der Waals surface area (Å²) in [6.07, 6.45) is -2.90. The van der Waals surface area contributed by atoms with Crippen molar-refractivity contribution in [3.63, 3.8) is 0 Å². The Morgan fingerprint density at radius 3 is 2.78 bits per heavy atom. The first-order valence-electron chi connectivity index (χ1n) is 6.32. The van der Waals surface area contributed by atoms with Gasteiger partial charge in [0.05, 0.1) is 12.7 Å². The second kappa shape index (κ2) is 4.98. The Balaban J connectivity index is 1.65. The molecule has 2 rings (SSSR count). The van der Waals surface area contributed by atoms with Gasteiger partial charge in [-0.2, -0.15) is 13.2 Å². The van der Waals surface area contributed by atoms with Crippen LogP contribution in [0.1, 0.15) is 20.3 Å². The minimum atomic E-state index is -4.24. The van der Waals surface area contributed by atoms with Gasteiger partial charge in [0, 0.05) is 30.5 Å². The second-order valence-electron chi connectivity index (χ2n) is 5.66. The summed E-state index contributed by atoms with van der Waals surface area (Å²) >= 11 is 0. The molecule has 6 heteroatoms. The van der Waals surface area contributed by atoms with E-state index < -0.39 is 12.8 Å². The Bertz CT molecular complexity index is 294. The van der Waals surface area contributed by atoms with Gasteiger partial charge >= 0.3 is 6.18 Å². The Labute approximate surface area is 105 Å². The summed E-state index contributed by atoms with van der Waals surface area (Å²) in [5, 5.41) is 3.29. The van der Waals surface area contributed by atoms with Crippen molar-refractivity contribution in [2.75, 3.05) is 26.4 Å². The zero-order valence-corrected chi connectivity index (χ0v) is 10.7. The minimum absolute atomic E-state index is 0.0607. The van der Waals surface area contributed by atoms with Crippen molar-refractivity contribution >= 4 is 0 Å². The van der Waals surface area contributed by atoms with E-state index in [1.807, 2.05) is 0 Å². The van der Waals surface area contributed by atoms with Gasteiger partial charge in [-0.1, -0.05) is 13.8 Å². The maximum absolute atomic E-state index is 11.9. The smallest absolute Gasteiger partial charge is 0.377 e. The molecule has 1 heterocycles. The van der Waals surface area contributed by atoms with Gasteiger partial charge in [-0.15, -0.1) is 0 Å². The molecule has 3 nitrogen and oxygen atoms in total. The van der Waals surface area contributed by atoms with Gasteiger partial charge in [-0.25, -0.2) is 0 Å². The fourth-order valence-electron chi connectivity index (χ4n) is 3.21. The summed E-state index contributed by atoms with van der Waals surface area (Å²) in [7, 11) is 0. The van der Waals surface area contributed by atoms with Crippen LogP contribution in [0.4, 0.5) is 13.2 Å². The van der Waals surface area contributed by atoms with Crippen LogP contribution in [-0.4, -0.2) is 44.7 Å². The molecule has 1 N–H and O–H groups in total. The number of nitrogens with one attached hydrogen (secondary N) is 1. The molecule has 1 saturated carbocycles. The third-order valence-corrected chi connectivity index (χ3v) is 3.98. The van der Waals surface area contributed by atoms with Crippen LogP contribution in [0.25, 0.3) is 0 Å². The Hall–Kier alpha value is -0.330. The lowest BCUT2D eigenvalue weighted by Gasteiger charge is -2.55. The normalized spacial score (nSPS) is 34.2. The number of hydrogen-bond donors (Lipinski definition) is 1. The van der Waals surface area contributed by atoms with Gasteiger partial charge in [0.2, 0.25) is 0 Å². The monoisotopic (exact) mass is 267 g/mol. The van der Waals surface area contributed by atoms with E-state index in [0.29, 0.717) is 24.6 Å². The molecular weight excluding hydrogens is 247 g/mol. The average molecular weight is 267 g/mol. The highest BCUT2D eigenvalue weighted by atomic mass is 19.4. The molecule has 3 unspecified atom stereocenters. The summed E-state index contributed by atoms with van der Waals surface area (Å²) in [6.45, 7) is 4.43. The lowest BCUT2D eigenvalue weighted by Crippen LogP contribution is -2.66. The van der Waals surface area contributed by atoms with Crippen molar-refractivity contribution in [3.05, 3.63) is 0 Å². The quantitative estimate of drug-likeness (QED) is 0.773. The second-order valence-corrected chi connectivity index (χ2v) is 5.66. The molecule has 0 aromatic rings. The molecule has 1 saturated heterocycles. The van der Waals surface area contributed by atoms with Crippen molar-refractivity contribution in [3.8, 4) is 0 Å². The Kier molecular flexibility index (Phi) is 3.90. The highest BCUT2D eigenvalue weighted by molar-refractivity contribution is 5.11. The van der Waals surface area contributed by atoms with E-state index in [4.69, 9.17) is 4.74 Å². The maximum atomic E-state index is 11.9. The summed E-state index contributed by atoms with van der Waals surface area (Å²) in [6, 6.07) is 0.319. The summed E-state index contributed by atoms with van der Waals surface area (Å²) < 4.78 is 45.8. The van der Waals surface area contributed by atoms with Crippen LogP contribution >= 0.6 is 0 Å². The van der Waals surface area contributed by atoms with Crippen molar-refractivity contribution in [2.45, 2.75) is 38.6 Å². The topological polar surface area (TPSA) is 30.5 Å². The zero-order valence-electron chi connectivity index (χ0n) is 10.7. The van der Waals surface area contributed by atoms with Gasteiger partial charge in [0.1, 0.15) is 6.61 Å². The lowest BCUT2D eigenvalue weighted by molar-refractivity contribution is -0.174. The minimum Gasteiger partial charge on any atom is -0.377 e. The molecule has 2 aliphatic rings. The molecule has 1 aliphatic carbocycles. The molecule has 0 bridgehead atoms. The van der Waals surface area contributed by atoms with Gasteiger partial charge < -0.3 is 14.8 Å². The summed E-state index contributed by atoms with van der Waals surface area (Å²) in [4.78, 5) is 0. The van der Waals surface area contributed by atoms with E-state index in [9.17, 15) is 13.2 Å². The number of ether oxygens (including phenoxy) is 2. The average Bonchev–Trinajstić information content (AvgIpc) is 2.67. The number of alkyl halides is 3. The molecular formula is C12H20F3NO2. The van der Waals surface area contributed by atoms with E-state index in [0.717, 1.165) is 13.0 Å². The maximum Gasteiger partial charge on any atom is 0.411 e. The molecule has 18 heavy (non-hydrogen) atoms. The first-order valence-corrected chi connectivity index (χ1v) is 6.32. The first kappa shape index (κ1) is 14.1. The Morgan fingerprint density at radius 1 is 1.39 bits per heavy atom. The van der Waals surface area contributed by atoms with E-state index in [1.54, 1.807) is 0 Å². The van der Waals surface area contributed by atoms with Crippen LogP contribution in [0, 0.1) is 11.3 Å². The van der Waals surface area contributed by atoms with Crippen molar-refractivity contribution in [1.29, 1.82) is 0 Å². The fourth-order valence-corrected chi connectivity index (χ4v) is 3.21. The van der Waals surface area contributed by atoms with Crippen LogP contribution in [0.2, 0.25) is 0 Å². The fraction of sp³-hybridized carbons (Fsp3) is 1.00. The van der Waals surface area contributed by atoms with Gasteiger partial charge in [-0.3, -0.25) is 0 Å². The number of halogens is 3. The van der Waals surface area contributed by atoms with Gasteiger partial charge in [0.15, 0.2) is 0 Å². The third-order valence-electron chi connectivity index (χ3n) is 3.98. The van der Waals surface area contributed by atoms with Crippen LogP contribution in [-0.2, 0) is 9.47 Å². The summed E-state index contributed by atoms with van der Waals surface area (Å²) in [5.41, 5.74) is 0.0607. The van der Waals surface area contributed by atoms with Crippen LogP contribution in [0.3, 0.4) is 0 Å². The Morgan fingerprint density at radius 2 is 2.11 bits per heavy atom. The van der Waals surface area contributed by atoms with E-state index >= 15 is 0 Å². The highest BCUT2D eigenvalue weighted by Crippen LogP contribution is 2.51. The predicted octanol–water partition coefficient (Wildman–Crippen LogP) is 1.97. The standard InChI is InChI=1S/C12H20F3NO2/c1-11(2)9(8-3-5-18-10(8)11)16-4-6-17-7-12(13,14)15/h8-10,16H,3-7H2,1-2H3. The molecule has 2 fully saturated rings. The molecule has 3 atom stereocenters. The predicted molar refractivity (Wildman–Crippen MR) is 60.3 cm³/mol. The zero-order chi connectivity index (χ0) is 13.4. The molecule has 0 aromatic heterocycles. The molecule has 0 radical (unpaired) electrons. The summed E-state index contributed by atoms with van der Waals surface area (Å²) in [5.74, 6) is 0.502. The SMILES string of the molecule is CC1(C)C(NCCOCC(F)(F)F)C2CCOC21. The van der Waals surface area contributed by atoms with Crippen LogP contribution in [0.5, 0.6) is 0 Å². The van der Waals surface area contributed by atoms with Gasteiger partial charge in [-0.05, 0) is 6.42 Å². The van der Waals surface area contributed by atoms with Crippen molar-refractivity contribution in [2.24, 2.45) is 11.3 Å². The molecule has 0 aromatic carbocycles. The highest BCUT2D eigenvalue weighted by Gasteiger charge is 2.58. The van der Waals surface area contributed by atoms with E-state index in [-0.39, 0.29) is 12.0 Å². The largest absolute Gasteiger partial charge is 0.411 e. The number of hydrogen-bond acceptors (Lipinski definition) is 3. The van der Waals surface area contributed by atoms with Crippen molar-refractivity contribution < 1.29 is 22.6 Å². The van der Waals surface area contributed by atoms with Crippen LogP contribution < -0.4 is 5.32 Å². The van der Waals surface area contributed by atoms with Gasteiger partial charge in [0.25, 0.3) is 0 Å². The number of rotatable bonds is 5. The van der Waals surface area contributed by atoms with Crippen LogP contribution in [0.15, 0.2) is 0 Å². The molecule has 0 spiro atoms. The molecule has 0 amide bonds. The first-order chi connectivity index (χ1) is 8.32. The molecule has 1 aliphatic heterocycles. The third kappa shape index (κ3) is 2.81. The van der Waals surface area contributed by atoms with E-state index in [1.165, 1.54) is 0 Å². The lowest BCUT2D eigenvalue weighted by atomic mass is 9.57. The van der Waals surface area contributed by atoms with Crippen molar-refractivity contribution in [1.82, 2.24) is 5.32 Å². The molecule has 106 valence electrons. The number of fused-ring (bicyclic) bond motifs is 1.